The van der Waals surface area contributed by atoms with E-state index in [0.717, 1.165) is 59.1 Å². The average molecular weight is 1120 g/mol. The SMILES string of the molecule is CCCCC(CC)Cc1ccc(C(O)c2ccc(CC(CC)CCCC)cc2-c2sccc2-c2cc3sc(-c4ccsc4-c4cc(CC(CC)CCCC)ccc4C(O)c4ccc(CC(CC)CCCC)cc4)cc3s2)cc1. The Labute approximate surface area is 487 Å². The quantitative estimate of drug-likeness (QED) is 0.0441. The van der Waals surface area contributed by atoms with Crippen LogP contribution in [-0.4, -0.2) is 10.2 Å². The van der Waals surface area contributed by atoms with Crippen LogP contribution in [-0.2, 0) is 25.7 Å². The van der Waals surface area contributed by atoms with Crippen LogP contribution < -0.4 is 0 Å². The minimum atomic E-state index is -0.729. The highest BCUT2D eigenvalue weighted by molar-refractivity contribution is 7.31. The van der Waals surface area contributed by atoms with Crippen molar-refractivity contribution in [2.24, 2.45) is 23.7 Å². The summed E-state index contributed by atoms with van der Waals surface area (Å²) in [6.07, 6.45) is 22.7. The summed E-state index contributed by atoms with van der Waals surface area (Å²) in [4.78, 5) is 5.01. The first-order chi connectivity index (χ1) is 38.1. The predicted molar refractivity (Wildman–Crippen MR) is 346 cm³/mol. The zero-order valence-electron chi connectivity index (χ0n) is 48.7. The number of hydrogen-bond acceptors (Lipinski definition) is 6. The summed E-state index contributed by atoms with van der Waals surface area (Å²) in [5.74, 6) is 2.71. The van der Waals surface area contributed by atoms with E-state index in [0.29, 0.717) is 23.7 Å². The van der Waals surface area contributed by atoms with E-state index >= 15 is 0 Å². The van der Waals surface area contributed by atoms with Crippen molar-refractivity contribution in [1.82, 2.24) is 0 Å². The molecule has 8 rings (SSSR count). The third-order valence-corrected chi connectivity index (χ3v) is 21.5. The molecule has 416 valence electrons. The fourth-order valence-corrected chi connectivity index (χ4v) is 16.5. The van der Waals surface area contributed by atoms with Crippen LogP contribution in [0.2, 0.25) is 0 Å². The minimum Gasteiger partial charge on any atom is -0.384 e. The number of rotatable bonds is 32. The van der Waals surface area contributed by atoms with Crippen LogP contribution in [0.4, 0.5) is 0 Å². The zero-order chi connectivity index (χ0) is 55.0. The molecule has 0 spiro atoms. The molecule has 0 saturated heterocycles. The molecule has 4 aromatic heterocycles. The summed E-state index contributed by atoms with van der Waals surface area (Å²) in [6, 6.07) is 41.1. The van der Waals surface area contributed by atoms with Gasteiger partial charge in [0.05, 0.1) is 0 Å². The number of unbranched alkanes of at least 4 members (excludes halogenated alkanes) is 4. The molecule has 4 heterocycles. The molecular weight excluding hydrogens is 1030 g/mol. The van der Waals surface area contributed by atoms with Gasteiger partial charge in [-0.1, -0.05) is 231 Å². The maximum atomic E-state index is 12.4. The topological polar surface area (TPSA) is 40.5 Å². The van der Waals surface area contributed by atoms with Crippen molar-refractivity contribution in [3.63, 3.8) is 0 Å². The molecule has 8 aromatic rings. The highest BCUT2D eigenvalue weighted by atomic mass is 32.1. The Balaban J connectivity index is 1.11. The molecule has 2 nitrogen and oxygen atoms in total. The highest BCUT2D eigenvalue weighted by Gasteiger charge is 2.25. The van der Waals surface area contributed by atoms with Crippen molar-refractivity contribution in [2.45, 2.75) is 196 Å². The van der Waals surface area contributed by atoms with Gasteiger partial charge in [-0.05, 0) is 152 Å². The Bertz CT molecular complexity index is 2800. The van der Waals surface area contributed by atoms with E-state index in [-0.39, 0.29) is 0 Å². The van der Waals surface area contributed by atoms with Crippen molar-refractivity contribution in [1.29, 1.82) is 0 Å². The molecule has 6 atom stereocenters. The van der Waals surface area contributed by atoms with Gasteiger partial charge in [0.25, 0.3) is 0 Å². The first kappa shape index (κ1) is 60.0. The van der Waals surface area contributed by atoms with Gasteiger partial charge in [0.1, 0.15) is 12.2 Å². The smallest absolute Gasteiger partial charge is 0.105 e. The lowest BCUT2D eigenvalue weighted by Crippen LogP contribution is -2.07. The van der Waals surface area contributed by atoms with Crippen LogP contribution >= 0.6 is 45.3 Å². The van der Waals surface area contributed by atoms with Crippen LogP contribution in [0.1, 0.15) is 215 Å². The monoisotopic (exact) mass is 1120 g/mol. The Kier molecular flexibility index (Phi) is 23.1. The minimum absolute atomic E-state index is 0.649. The van der Waals surface area contributed by atoms with Gasteiger partial charge >= 0.3 is 0 Å². The fraction of sp³-hybridized carbons (Fsp3) is 0.472. The van der Waals surface area contributed by atoms with Gasteiger partial charge in [-0.2, -0.15) is 0 Å². The summed E-state index contributed by atoms with van der Waals surface area (Å²) in [5, 5.41) is 29.2. The molecule has 4 aromatic carbocycles. The largest absolute Gasteiger partial charge is 0.384 e. The Hall–Kier alpha value is -4.14. The molecule has 78 heavy (non-hydrogen) atoms. The van der Waals surface area contributed by atoms with E-state index in [1.807, 2.05) is 22.7 Å². The molecule has 0 radical (unpaired) electrons. The Morgan fingerprint density at radius 3 is 1.00 bits per heavy atom. The lowest BCUT2D eigenvalue weighted by molar-refractivity contribution is 0.220. The van der Waals surface area contributed by atoms with Crippen LogP contribution in [0.5, 0.6) is 0 Å². The average Bonchev–Trinajstić information content (AvgIpc) is 4.49. The molecular formula is C72H92O2S4. The van der Waals surface area contributed by atoms with E-state index < -0.39 is 12.2 Å². The molecule has 6 heteroatoms. The van der Waals surface area contributed by atoms with Crippen molar-refractivity contribution in [3.8, 4) is 41.8 Å². The van der Waals surface area contributed by atoms with Gasteiger partial charge in [0.2, 0.25) is 0 Å². The maximum Gasteiger partial charge on any atom is 0.105 e. The van der Waals surface area contributed by atoms with Gasteiger partial charge in [-0.15, -0.1) is 45.3 Å². The van der Waals surface area contributed by atoms with Crippen molar-refractivity contribution < 1.29 is 10.2 Å². The Morgan fingerprint density at radius 2 is 0.679 bits per heavy atom. The third kappa shape index (κ3) is 15.2. The lowest BCUT2D eigenvalue weighted by Gasteiger charge is -2.20. The molecule has 0 bridgehead atoms. The first-order valence-electron chi connectivity index (χ1n) is 30.6. The molecule has 0 aliphatic carbocycles. The van der Waals surface area contributed by atoms with Crippen molar-refractivity contribution >= 4 is 54.7 Å². The molecule has 0 amide bonds. The summed E-state index contributed by atoms with van der Waals surface area (Å²) in [6.45, 7) is 18.5. The predicted octanol–water partition coefficient (Wildman–Crippen LogP) is 23.0. The van der Waals surface area contributed by atoms with Gasteiger partial charge in [-0.25, -0.2) is 0 Å². The molecule has 0 fully saturated rings. The number of hydrogen-bond donors (Lipinski definition) is 2. The lowest BCUT2D eigenvalue weighted by atomic mass is 9.87. The molecule has 6 unspecified atom stereocenters. The number of benzene rings is 4. The molecule has 0 aliphatic rings. The normalized spacial score (nSPS) is 14.2. The number of aliphatic hydroxyl groups excluding tert-OH is 2. The number of fused-ring (bicyclic) bond motifs is 1. The fourth-order valence-electron chi connectivity index (χ4n) is 12.0. The third-order valence-electron chi connectivity index (χ3n) is 17.2. The van der Waals surface area contributed by atoms with E-state index in [1.54, 1.807) is 22.7 Å². The van der Waals surface area contributed by atoms with Gasteiger partial charge in [0.15, 0.2) is 0 Å². The summed E-state index contributed by atoms with van der Waals surface area (Å²) < 4.78 is 2.59. The van der Waals surface area contributed by atoms with Crippen LogP contribution in [0.3, 0.4) is 0 Å². The van der Waals surface area contributed by atoms with Crippen LogP contribution in [0, 0.1) is 23.7 Å². The molecule has 0 saturated carbocycles. The van der Waals surface area contributed by atoms with Gasteiger partial charge in [0, 0.05) is 40.0 Å². The summed E-state index contributed by atoms with van der Waals surface area (Å²) in [7, 11) is 0. The number of aliphatic hydroxyl groups is 2. The Morgan fingerprint density at radius 1 is 0.359 bits per heavy atom. The number of thiophene rings is 4. The van der Waals surface area contributed by atoms with Gasteiger partial charge < -0.3 is 10.2 Å². The van der Waals surface area contributed by atoms with Crippen LogP contribution in [0.15, 0.2) is 120 Å². The summed E-state index contributed by atoms with van der Waals surface area (Å²) >= 11 is 7.37. The maximum absolute atomic E-state index is 12.4. The highest BCUT2D eigenvalue weighted by Crippen LogP contribution is 2.50. The second-order valence-electron chi connectivity index (χ2n) is 22.9. The van der Waals surface area contributed by atoms with Crippen molar-refractivity contribution in [3.05, 3.63) is 164 Å². The summed E-state index contributed by atoms with van der Waals surface area (Å²) in [5.41, 5.74) is 14.1. The molecule has 0 aliphatic heterocycles. The van der Waals surface area contributed by atoms with Crippen LogP contribution in [0.25, 0.3) is 51.2 Å². The van der Waals surface area contributed by atoms with E-state index in [4.69, 9.17) is 0 Å². The van der Waals surface area contributed by atoms with Crippen molar-refractivity contribution in [2.75, 3.05) is 0 Å². The first-order valence-corrected chi connectivity index (χ1v) is 34.0. The second-order valence-corrected chi connectivity index (χ2v) is 26.9. The van der Waals surface area contributed by atoms with Gasteiger partial charge in [-0.3, -0.25) is 0 Å². The molecule has 2 N–H and O–H groups in total. The second kappa shape index (κ2) is 30.1. The zero-order valence-corrected chi connectivity index (χ0v) is 51.9. The van der Waals surface area contributed by atoms with E-state index in [9.17, 15) is 10.2 Å². The standard InChI is InChI=1S/C72H92O2S4/c1-9-17-21-49(13-5)41-53-25-31-57(32-26-53)69(73)59-35-29-55(43-51(15-7)23-19-11-3)45-63(59)71-61(37-39-75-71)65-47-67-68(77-65)48-66(78-67)62-38-40-76-72(62)64-46-56(44-52(16-8)24-20-12-4)30-36-60(64)70(74)58-33-27-54(28-34-58)42-50(14-6)22-18-10-2/h25-40,45-52,69-70,73-74H,9-24,41-44H2,1-8H3. The van der Waals surface area contributed by atoms with E-state index in [1.165, 1.54) is 165 Å². The van der Waals surface area contributed by atoms with E-state index in [2.05, 4.69) is 175 Å².